The number of nitrogens with zero attached hydrogens (tertiary/aromatic N) is 1. The number of aromatic amines is 1. The monoisotopic (exact) mass is 329 g/mol. The Bertz CT molecular complexity index is 842. The molecule has 6 heteroatoms. The fourth-order valence-electron chi connectivity index (χ4n) is 4.69. The molecule has 1 saturated carbocycles. The predicted octanol–water partition coefficient (Wildman–Crippen LogP) is 2.65. The molecule has 2 heterocycles. The van der Waals surface area contributed by atoms with Crippen molar-refractivity contribution in [2.24, 2.45) is 17.1 Å². The average Bonchev–Trinajstić information content (AvgIpc) is 2.99. The number of benzene rings is 1. The van der Waals surface area contributed by atoms with Crippen molar-refractivity contribution in [1.82, 2.24) is 9.88 Å². The van der Waals surface area contributed by atoms with Gasteiger partial charge in [0.2, 0.25) is 0 Å². The Morgan fingerprint density at radius 2 is 2.25 bits per heavy atom. The van der Waals surface area contributed by atoms with Crippen LogP contribution in [-0.4, -0.2) is 41.9 Å². The van der Waals surface area contributed by atoms with E-state index in [-0.39, 0.29) is 17.3 Å². The van der Waals surface area contributed by atoms with Gasteiger partial charge in [0.15, 0.2) is 0 Å². The zero-order chi connectivity index (χ0) is 17.2. The first kappa shape index (κ1) is 15.4. The fourth-order valence-corrected chi connectivity index (χ4v) is 4.69. The van der Waals surface area contributed by atoms with Gasteiger partial charge < -0.3 is 20.9 Å². The summed E-state index contributed by atoms with van der Waals surface area (Å²) in [7, 11) is 1.77. The van der Waals surface area contributed by atoms with E-state index in [1.165, 1.54) is 12.1 Å². The third kappa shape index (κ3) is 1.99. The van der Waals surface area contributed by atoms with Crippen molar-refractivity contribution < 1.29 is 4.39 Å². The Labute approximate surface area is 140 Å². The van der Waals surface area contributed by atoms with Gasteiger partial charge in [0.1, 0.15) is 11.7 Å². The fraction of sp³-hybridized carbons (Fsp3) is 0.500. The van der Waals surface area contributed by atoms with Gasteiger partial charge in [-0.3, -0.25) is 5.41 Å². The lowest BCUT2D eigenvalue weighted by Gasteiger charge is -2.46. The summed E-state index contributed by atoms with van der Waals surface area (Å²) in [5.74, 6) is 0.623. The van der Waals surface area contributed by atoms with Gasteiger partial charge in [0, 0.05) is 42.8 Å². The highest BCUT2D eigenvalue weighted by Crippen LogP contribution is 2.51. The minimum Gasteiger partial charge on any atom is -0.386 e. The zero-order valence-electron chi connectivity index (χ0n) is 14.3. The van der Waals surface area contributed by atoms with Crippen molar-refractivity contribution in [2.45, 2.75) is 26.3 Å². The Kier molecular flexibility index (Phi) is 3.19. The molecule has 0 amide bonds. The van der Waals surface area contributed by atoms with Crippen molar-refractivity contribution in [3.05, 3.63) is 29.2 Å². The molecule has 1 aliphatic carbocycles. The van der Waals surface area contributed by atoms with Crippen LogP contribution >= 0.6 is 0 Å². The van der Waals surface area contributed by atoms with E-state index in [1.807, 2.05) is 6.92 Å². The molecule has 1 saturated heterocycles. The lowest BCUT2D eigenvalue weighted by atomic mass is 9.60. The molecule has 24 heavy (non-hydrogen) atoms. The van der Waals surface area contributed by atoms with Crippen molar-refractivity contribution >= 4 is 22.4 Å². The number of hydrogen-bond acceptors (Lipinski definition) is 3. The number of hydrogen-bond donors (Lipinski definition) is 4. The van der Waals surface area contributed by atoms with Crippen LogP contribution in [0.2, 0.25) is 0 Å². The minimum atomic E-state index is -0.296. The molecule has 0 radical (unpaired) electrons. The molecular formula is C18H24FN5. The average molecular weight is 329 g/mol. The number of anilines is 1. The maximum atomic E-state index is 14.0. The Morgan fingerprint density at radius 3 is 2.88 bits per heavy atom. The van der Waals surface area contributed by atoms with Crippen LogP contribution in [0.3, 0.4) is 0 Å². The Balaban J connectivity index is 1.75. The van der Waals surface area contributed by atoms with Gasteiger partial charge in [-0.1, -0.05) is 6.92 Å². The summed E-state index contributed by atoms with van der Waals surface area (Å²) >= 11 is 0. The lowest BCUT2D eigenvalue weighted by Crippen LogP contribution is -2.53. The van der Waals surface area contributed by atoms with E-state index in [2.05, 4.69) is 22.1 Å². The van der Waals surface area contributed by atoms with Crippen LogP contribution in [-0.2, 0) is 0 Å². The summed E-state index contributed by atoms with van der Waals surface area (Å²) in [5, 5.41) is 12.5. The molecular weight excluding hydrogens is 305 g/mol. The second kappa shape index (κ2) is 4.96. The summed E-state index contributed by atoms with van der Waals surface area (Å²) in [6.45, 7) is 5.87. The lowest BCUT2D eigenvalue weighted by molar-refractivity contribution is 0.0764. The van der Waals surface area contributed by atoms with Gasteiger partial charge in [-0.25, -0.2) is 4.39 Å². The van der Waals surface area contributed by atoms with Gasteiger partial charge in [-0.15, -0.1) is 0 Å². The van der Waals surface area contributed by atoms with E-state index in [1.54, 1.807) is 7.05 Å². The highest BCUT2D eigenvalue weighted by Gasteiger charge is 2.55. The molecule has 1 aliphatic heterocycles. The van der Waals surface area contributed by atoms with Crippen molar-refractivity contribution in [1.29, 1.82) is 5.41 Å². The van der Waals surface area contributed by atoms with Crippen LogP contribution < -0.4 is 11.1 Å². The molecule has 2 aliphatic rings. The van der Waals surface area contributed by atoms with Crippen LogP contribution in [0.25, 0.3) is 10.9 Å². The number of nitrogens with one attached hydrogen (secondary N) is 3. The molecule has 2 aromatic rings. The summed E-state index contributed by atoms with van der Waals surface area (Å²) in [4.78, 5) is 5.42. The summed E-state index contributed by atoms with van der Waals surface area (Å²) in [6.07, 6.45) is 1.02. The summed E-state index contributed by atoms with van der Waals surface area (Å²) in [6, 6.07) is 3.23. The van der Waals surface area contributed by atoms with E-state index >= 15 is 0 Å². The minimum absolute atomic E-state index is 0.215. The second-order valence-corrected chi connectivity index (χ2v) is 7.61. The van der Waals surface area contributed by atoms with Gasteiger partial charge in [0.25, 0.3) is 0 Å². The number of H-pyrrole nitrogens is 1. The third-order valence-electron chi connectivity index (χ3n) is 5.97. The first-order chi connectivity index (χ1) is 11.3. The molecule has 5 N–H and O–H groups in total. The number of fused-ring (bicyclic) bond motifs is 2. The van der Waals surface area contributed by atoms with E-state index < -0.39 is 0 Å². The molecule has 4 rings (SSSR count). The normalized spacial score (nSPS) is 28.8. The molecule has 128 valence electrons. The van der Waals surface area contributed by atoms with Gasteiger partial charge >= 0.3 is 0 Å². The number of amidine groups is 1. The van der Waals surface area contributed by atoms with Crippen LogP contribution in [0.4, 0.5) is 10.1 Å². The standard InChI is InChI=1S/C18H24FN5/c1-9-15(11-4-10(19)5-14(22-3)16(11)23-9)17(21)24-7-12-13(20)6-18(12,2)8-24/h4-5,12-13,21-23H,6-8,20H2,1-3H3/t12?,13-,18?/m1/s1. The number of aromatic nitrogens is 1. The topological polar surface area (TPSA) is 80.9 Å². The van der Waals surface area contributed by atoms with Crippen molar-refractivity contribution in [2.75, 3.05) is 25.5 Å². The third-order valence-corrected chi connectivity index (χ3v) is 5.97. The molecule has 3 atom stereocenters. The van der Waals surface area contributed by atoms with Crippen LogP contribution in [0.5, 0.6) is 0 Å². The van der Waals surface area contributed by atoms with Crippen LogP contribution in [0.15, 0.2) is 12.1 Å². The highest BCUT2D eigenvalue weighted by atomic mass is 19.1. The van der Waals surface area contributed by atoms with Crippen molar-refractivity contribution in [3.63, 3.8) is 0 Å². The molecule has 0 bridgehead atoms. The first-order valence-corrected chi connectivity index (χ1v) is 8.43. The van der Waals surface area contributed by atoms with E-state index in [9.17, 15) is 4.39 Å². The maximum absolute atomic E-state index is 14.0. The van der Waals surface area contributed by atoms with E-state index in [0.717, 1.165) is 41.7 Å². The van der Waals surface area contributed by atoms with Gasteiger partial charge in [0.05, 0.1) is 11.2 Å². The number of aryl methyl sites for hydroxylation is 1. The maximum Gasteiger partial charge on any atom is 0.130 e. The number of nitrogens with two attached hydrogens (primary N) is 1. The number of likely N-dealkylation sites (tertiary alicyclic amines) is 1. The quantitative estimate of drug-likeness (QED) is 0.505. The predicted molar refractivity (Wildman–Crippen MR) is 95.1 cm³/mol. The largest absolute Gasteiger partial charge is 0.386 e. The Hall–Kier alpha value is -2.08. The molecule has 5 nitrogen and oxygen atoms in total. The van der Waals surface area contributed by atoms with E-state index in [4.69, 9.17) is 11.1 Å². The first-order valence-electron chi connectivity index (χ1n) is 8.43. The summed E-state index contributed by atoms with van der Waals surface area (Å²) < 4.78 is 14.0. The SMILES string of the molecule is CNc1cc(F)cc2c(C(=N)N3CC4[C@H](N)CC4(C)C3)c(C)[nH]c12. The molecule has 0 spiro atoms. The summed E-state index contributed by atoms with van der Waals surface area (Å²) in [5.41, 5.74) is 9.61. The van der Waals surface area contributed by atoms with Gasteiger partial charge in [-0.05, 0) is 36.8 Å². The second-order valence-electron chi connectivity index (χ2n) is 7.61. The number of halogens is 1. The Morgan fingerprint density at radius 1 is 1.50 bits per heavy atom. The zero-order valence-corrected chi connectivity index (χ0v) is 14.3. The highest BCUT2D eigenvalue weighted by molar-refractivity contribution is 6.11. The molecule has 1 aromatic carbocycles. The van der Waals surface area contributed by atoms with Crippen LogP contribution in [0.1, 0.15) is 24.6 Å². The number of rotatable bonds is 2. The smallest absolute Gasteiger partial charge is 0.130 e. The van der Waals surface area contributed by atoms with Gasteiger partial charge in [-0.2, -0.15) is 0 Å². The molecule has 2 fully saturated rings. The molecule has 2 unspecified atom stereocenters. The van der Waals surface area contributed by atoms with E-state index in [0.29, 0.717) is 17.4 Å². The van der Waals surface area contributed by atoms with Crippen molar-refractivity contribution in [3.8, 4) is 0 Å². The van der Waals surface area contributed by atoms with Crippen LogP contribution in [0, 0.1) is 29.5 Å². The molecule has 1 aromatic heterocycles.